The second-order valence-corrected chi connectivity index (χ2v) is 5.81. The van der Waals surface area contributed by atoms with Crippen LogP contribution in [0, 0.1) is 0 Å². The Bertz CT molecular complexity index is 987. The summed E-state index contributed by atoms with van der Waals surface area (Å²) in [5, 5.41) is 5.93. The molecule has 28 heavy (non-hydrogen) atoms. The van der Waals surface area contributed by atoms with Gasteiger partial charge in [-0.3, -0.25) is 4.79 Å². The number of esters is 1. The quantitative estimate of drug-likeness (QED) is 0.634. The third-order valence-corrected chi connectivity index (χ3v) is 3.93. The average molecular weight is 377 g/mol. The third kappa shape index (κ3) is 4.64. The molecular weight excluding hydrogens is 358 g/mol. The number of benzene rings is 2. The van der Waals surface area contributed by atoms with Crippen molar-refractivity contribution in [2.75, 3.05) is 24.9 Å². The summed E-state index contributed by atoms with van der Waals surface area (Å²) in [6.07, 6.45) is 1.55. The van der Waals surface area contributed by atoms with Crippen LogP contribution in [-0.4, -0.2) is 31.1 Å². The van der Waals surface area contributed by atoms with E-state index in [9.17, 15) is 9.59 Å². The van der Waals surface area contributed by atoms with Crippen molar-refractivity contribution in [3.8, 4) is 5.75 Å². The Labute approximate surface area is 162 Å². The van der Waals surface area contributed by atoms with E-state index in [1.807, 2.05) is 0 Å². The van der Waals surface area contributed by atoms with Gasteiger partial charge in [0.15, 0.2) is 0 Å². The largest absolute Gasteiger partial charge is 0.497 e. The predicted molar refractivity (Wildman–Crippen MR) is 106 cm³/mol. The third-order valence-electron chi connectivity index (χ3n) is 3.93. The van der Waals surface area contributed by atoms with Gasteiger partial charge >= 0.3 is 5.97 Å². The van der Waals surface area contributed by atoms with Gasteiger partial charge in [0.2, 0.25) is 0 Å². The van der Waals surface area contributed by atoms with Gasteiger partial charge in [-0.25, -0.2) is 9.78 Å². The van der Waals surface area contributed by atoms with Crippen LogP contribution in [0.25, 0.3) is 0 Å². The van der Waals surface area contributed by atoms with Crippen LogP contribution in [0.1, 0.15) is 20.7 Å². The molecule has 3 aromatic rings. The van der Waals surface area contributed by atoms with E-state index in [-0.39, 0.29) is 5.91 Å². The molecule has 3 rings (SSSR count). The average Bonchev–Trinajstić information content (AvgIpc) is 2.74. The lowest BCUT2D eigenvalue weighted by Crippen LogP contribution is -2.12. The van der Waals surface area contributed by atoms with E-state index in [0.29, 0.717) is 28.4 Å². The molecule has 7 nitrogen and oxygen atoms in total. The normalized spacial score (nSPS) is 10.1. The summed E-state index contributed by atoms with van der Waals surface area (Å²) < 4.78 is 9.83. The van der Waals surface area contributed by atoms with Crippen LogP contribution in [0.5, 0.6) is 5.75 Å². The second-order valence-electron chi connectivity index (χ2n) is 5.81. The lowest BCUT2D eigenvalue weighted by Gasteiger charge is -2.09. The van der Waals surface area contributed by atoms with Gasteiger partial charge in [0.1, 0.15) is 11.6 Å². The molecule has 0 atom stereocenters. The lowest BCUT2D eigenvalue weighted by molar-refractivity contribution is 0.0600. The predicted octanol–water partition coefficient (Wildman–Crippen LogP) is 3.87. The molecule has 0 bridgehead atoms. The maximum atomic E-state index is 12.5. The second kappa shape index (κ2) is 8.68. The van der Waals surface area contributed by atoms with E-state index in [1.54, 1.807) is 74.0 Å². The lowest BCUT2D eigenvalue weighted by atomic mass is 10.2. The van der Waals surface area contributed by atoms with Crippen molar-refractivity contribution < 1.29 is 19.1 Å². The van der Waals surface area contributed by atoms with Gasteiger partial charge < -0.3 is 20.1 Å². The van der Waals surface area contributed by atoms with Gasteiger partial charge in [-0.2, -0.15) is 0 Å². The summed E-state index contributed by atoms with van der Waals surface area (Å²) in [4.78, 5) is 28.2. The van der Waals surface area contributed by atoms with E-state index in [4.69, 9.17) is 4.74 Å². The Morgan fingerprint density at radius 3 is 2.39 bits per heavy atom. The Morgan fingerprint density at radius 1 is 0.893 bits per heavy atom. The van der Waals surface area contributed by atoms with Crippen molar-refractivity contribution in [3.05, 3.63) is 78.0 Å². The topological polar surface area (TPSA) is 89.5 Å². The molecule has 1 amide bonds. The highest BCUT2D eigenvalue weighted by Gasteiger charge is 2.09. The fourth-order valence-electron chi connectivity index (χ4n) is 2.50. The summed E-state index contributed by atoms with van der Waals surface area (Å²) in [5.74, 6) is 0.495. The molecule has 2 N–H and O–H groups in total. The summed E-state index contributed by atoms with van der Waals surface area (Å²) in [7, 11) is 2.90. The summed E-state index contributed by atoms with van der Waals surface area (Å²) in [5.41, 5.74) is 2.26. The first-order valence-corrected chi connectivity index (χ1v) is 8.46. The molecule has 1 aromatic heterocycles. The number of methoxy groups -OCH3 is 2. The number of nitrogens with one attached hydrogen (secondary N) is 2. The number of aromatic nitrogens is 1. The number of hydrogen-bond acceptors (Lipinski definition) is 6. The highest BCUT2D eigenvalue weighted by atomic mass is 16.5. The van der Waals surface area contributed by atoms with Crippen LogP contribution in [0.2, 0.25) is 0 Å². The Balaban J connectivity index is 1.71. The number of ether oxygens (including phenoxy) is 2. The van der Waals surface area contributed by atoms with Crippen LogP contribution < -0.4 is 15.4 Å². The van der Waals surface area contributed by atoms with Crippen LogP contribution >= 0.6 is 0 Å². The monoisotopic (exact) mass is 377 g/mol. The van der Waals surface area contributed by atoms with E-state index in [1.165, 1.54) is 7.11 Å². The molecule has 142 valence electrons. The minimum absolute atomic E-state index is 0.264. The number of amides is 1. The molecule has 0 unspecified atom stereocenters. The van der Waals surface area contributed by atoms with Gasteiger partial charge in [-0.05, 0) is 48.5 Å². The number of carbonyl (C=O) groups excluding carboxylic acids is 2. The molecular formula is C21H19N3O4. The van der Waals surface area contributed by atoms with Gasteiger partial charge in [0.25, 0.3) is 5.91 Å². The first-order chi connectivity index (χ1) is 13.6. The first kappa shape index (κ1) is 18.9. The number of hydrogen-bond donors (Lipinski definition) is 2. The Hall–Kier alpha value is -3.87. The van der Waals surface area contributed by atoms with Crippen molar-refractivity contribution in [1.29, 1.82) is 0 Å². The molecule has 0 saturated carbocycles. The zero-order valence-corrected chi connectivity index (χ0v) is 15.4. The fraction of sp³-hybridized carbons (Fsp3) is 0.0952. The van der Waals surface area contributed by atoms with Crippen molar-refractivity contribution in [2.45, 2.75) is 0 Å². The molecule has 1 heterocycles. The molecule has 0 aliphatic carbocycles. The van der Waals surface area contributed by atoms with E-state index in [0.717, 1.165) is 5.69 Å². The van der Waals surface area contributed by atoms with Crippen LogP contribution in [0.3, 0.4) is 0 Å². The van der Waals surface area contributed by atoms with Gasteiger partial charge in [0.05, 0.1) is 19.8 Å². The smallest absolute Gasteiger partial charge is 0.337 e. The van der Waals surface area contributed by atoms with Crippen LogP contribution in [0.15, 0.2) is 66.9 Å². The summed E-state index contributed by atoms with van der Waals surface area (Å²) in [6.45, 7) is 0. The molecule has 0 radical (unpaired) electrons. The highest BCUT2D eigenvalue weighted by molar-refractivity contribution is 6.04. The standard InChI is InChI=1S/C21H19N3O4/c1-27-18-5-3-4-17(13-18)24-20(25)15-10-11-22-19(12-15)23-16-8-6-14(7-9-16)21(26)28-2/h3-13H,1-2H3,(H,22,23)(H,24,25). The van der Waals surface area contributed by atoms with E-state index in [2.05, 4.69) is 20.4 Å². The molecule has 0 spiro atoms. The van der Waals surface area contributed by atoms with Gasteiger partial charge in [-0.15, -0.1) is 0 Å². The first-order valence-electron chi connectivity index (χ1n) is 8.46. The Kier molecular flexibility index (Phi) is 5.86. The minimum atomic E-state index is -0.402. The van der Waals surface area contributed by atoms with E-state index >= 15 is 0 Å². The maximum absolute atomic E-state index is 12.5. The van der Waals surface area contributed by atoms with E-state index < -0.39 is 5.97 Å². The van der Waals surface area contributed by atoms with Crippen LogP contribution in [-0.2, 0) is 4.74 Å². The number of rotatable bonds is 6. The summed E-state index contributed by atoms with van der Waals surface area (Å²) in [6, 6.07) is 17.1. The highest BCUT2D eigenvalue weighted by Crippen LogP contribution is 2.19. The van der Waals surface area contributed by atoms with Crippen molar-refractivity contribution >= 4 is 29.1 Å². The number of nitrogens with zero attached hydrogens (tertiary/aromatic N) is 1. The van der Waals surface area contributed by atoms with Gasteiger partial charge in [-0.1, -0.05) is 6.07 Å². The summed E-state index contributed by atoms with van der Waals surface area (Å²) >= 11 is 0. The van der Waals surface area contributed by atoms with Crippen molar-refractivity contribution in [1.82, 2.24) is 4.98 Å². The molecule has 0 fully saturated rings. The molecule has 0 saturated heterocycles. The number of anilines is 3. The van der Waals surface area contributed by atoms with Crippen molar-refractivity contribution in [3.63, 3.8) is 0 Å². The molecule has 2 aromatic carbocycles. The fourth-order valence-corrected chi connectivity index (χ4v) is 2.50. The number of carbonyl (C=O) groups is 2. The van der Waals surface area contributed by atoms with Crippen molar-refractivity contribution in [2.24, 2.45) is 0 Å². The van der Waals surface area contributed by atoms with Crippen LogP contribution in [0.4, 0.5) is 17.2 Å². The maximum Gasteiger partial charge on any atom is 0.337 e. The Morgan fingerprint density at radius 2 is 1.68 bits per heavy atom. The number of pyridine rings is 1. The molecule has 7 heteroatoms. The zero-order chi connectivity index (χ0) is 19.9. The SMILES string of the molecule is COC(=O)c1ccc(Nc2cc(C(=O)Nc3cccc(OC)c3)ccn2)cc1. The molecule has 0 aliphatic rings. The van der Waals surface area contributed by atoms with Gasteiger partial charge in [0, 0.05) is 29.2 Å². The zero-order valence-electron chi connectivity index (χ0n) is 15.4. The molecule has 0 aliphatic heterocycles. The minimum Gasteiger partial charge on any atom is -0.497 e.